The molecule has 1 aromatic heterocycles. The van der Waals surface area contributed by atoms with Crippen molar-refractivity contribution in [2.75, 3.05) is 11.9 Å². The molecule has 0 saturated heterocycles. The highest BCUT2D eigenvalue weighted by Crippen LogP contribution is 2.20. The van der Waals surface area contributed by atoms with E-state index in [1.165, 1.54) is 6.07 Å². The van der Waals surface area contributed by atoms with Gasteiger partial charge < -0.3 is 14.5 Å². The number of oxazole rings is 1. The second kappa shape index (κ2) is 5.51. The van der Waals surface area contributed by atoms with Gasteiger partial charge in [0.2, 0.25) is 0 Å². The lowest BCUT2D eigenvalue weighted by Gasteiger charge is -2.03. The molecule has 1 heterocycles. The smallest absolute Gasteiger partial charge is 0.360 e. The SMILES string of the molecule is CCOC(=O)c1coc(Nc2ccc(C)cc2F)n1. The molecule has 2 rings (SSSR count). The molecule has 0 aliphatic heterocycles. The Morgan fingerprint density at radius 3 is 3.00 bits per heavy atom. The minimum Gasteiger partial charge on any atom is -0.461 e. The average Bonchev–Trinajstić information content (AvgIpc) is 2.82. The molecule has 0 aliphatic rings. The van der Waals surface area contributed by atoms with Crippen LogP contribution in [0.4, 0.5) is 16.1 Å². The number of carbonyl (C=O) groups is 1. The number of rotatable bonds is 4. The number of hydrogen-bond acceptors (Lipinski definition) is 5. The van der Waals surface area contributed by atoms with Crippen LogP contribution in [0.15, 0.2) is 28.9 Å². The standard InChI is InChI=1S/C13H13FN2O3/c1-3-18-12(17)11-7-19-13(16-11)15-10-5-4-8(2)6-9(10)14/h4-7H,3H2,1-2H3,(H,15,16). The minimum absolute atomic E-state index is 0.0332. The summed E-state index contributed by atoms with van der Waals surface area (Å²) in [4.78, 5) is 15.2. The number of hydrogen-bond donors (Lipinski definition) is 1. The number of esters is 1. The molecule has 5 nitrogen and oxygen atoms in total. The van der Waals surface area contributed by atoms with Crippen LogP contribution in [0.1, 0.15) is 23.0 Å². The molecule has 0 saturated carbocycles. The van der Waals surface area contributed by atoms with Crippen LogP contribution in [-0.2, 0) is 4.74 Å². The number of ether oxygens (including phenoxy) is 1. The van der Waals surface area contributed by atoms with Gasteiger partial charge in [-0.25, -0.2) is 9.18 Å². The molecule has 1 aromatic carbocycles. The zero-order chi connectivity index (χ0) is 13.8. The van der Waals surface area contributed by atoms with E-state index < -0.39 is 11.8 Å². The van der Waals surface area contributed by atoms with E-state index in [1.807, 2.05) is 0 Å². The van der Waals surface area contributed by atoms with E-state index in [4.69, 9.17) is 9.15 Å². The Morgan fingerprint density at radius 2 is 2.32 bits per heavy atom. The van der Waals surface area contributed by atoms with Gasteiger partial charge >= 0.3 is 5.97 Å². The maximum Gasteiger partial charge on any atom is 0.360 e. The lowest BCUT2D eigenvalue weighted by atomic mass is 10.2. The third-order valence-corrected chi connectivity index (χ3v) is 2.35. The van der Waals surface area contributed by atoms with Crippen molar-refractivity contribution in [1.29, 1.82) is 0 Å². The molecule has 0 radical (unpaired) electrons. The van der Waals surface area contributed by atoms with Crippen LogP contribution in [0.3, 0.4) is 0 Å². The molecule has 2 aromatic rings. The molecule has 19 heavy (non-hydrogen) atoms. The van der Waals surface area contributed by atoms with Crippen LogP contribution in [-0.4, -0.2) is 17.6 Å². The van der Waals surface area contributed by atoms with E-state index in [2.05, 4.69) is 10.3 Å². The summed E-state index contributed by atoms with van der Waals surface area (Å²) in [5, 5.41) is 2.66. The van der Waals surface area contributed by atoms with Gasteiger partial charge in [-0.15, -0.1) is 0 Å². The van der Waals surface area contributed by atoms with Crippen molar-refractivity contribution in [2.24, 2.45) is 0 Å². The van der Waals surface area contributed by atoms with E-state index >= 15 is 0 Å². The molecule has 0 amide bonds. The lowest BCUT2D eigenvalue weighted by molar-refractivity contribution is 0.0519. The minimum atomic E-state index is -0.580. The Labute approximate surface area is 109 Å². The average molecular weight is 264 g/mol. The Bertz CT molecular complexity index is 595. The second-order valence-corrected chi connectivity index (χ2v) is 3.87. The molecule has 6 heteroatoms. The Morgan fingerprint density at radius 1 is 1.53 bits per heavy atom. The molecule has 100 valence electrons. The third-order valence-electron chi connectivity index (χ3n) is 2.35. The molecular formula is C13H13FN2O3. The first kappa shape index (κ1) is 13.1. The number of aryl methyl sites for hydroxylation is 1. The summed E-state index contributed by atoms with van der Waals surface area (Å²) in [6.07, 6.45) is 1.16. The van der Waals surface area contributed by atoms with E-state index in [9.17, 15) is 9.18 Å². The van der Waals surface area contributed by atoms with Crippen molar-refractivity contribution in [3.63, 3.8) is 0 Å². The van der Waals surface area contributed by atoms with Crippen molar-refractivity contribution in [3.05, 3.63) is 41.5 Å². The van der Waals surface area contributed by atoms with Gasteiger partial charge in [0, 0.05) is 0 Å². The summed E-state index contributed by atoms with van der Waals surface area (Å²) < 4.78 is 23.4. The maximum absolute atomic E-state index is 13.6. The van der Waals surface area contributed by atoms with Gasteiger partial charge in [0.25, 0.3) is 6.01 Å². The van der Waals surface area contributed by atoms with Crippen LogP contribution in [0.2, 0.25) is 0 Å². The summed E-state index contributed by atoms with van der Waals surface area (Å²) in [7, 11) is 0. The molecular weight excluding hydrogens is 251 g/mol. The molecule has 0 unspecified atom stereocenters. The fourth-order valence-corrected chi connectivity index (χ4v) is 1.47. The first-order valence-corrected chi connectivity index (χ1v) is 5.76. The van der Waals surface area contributed by atoms with Crippen LogP contribution in [0, 0.1) is 12.7 Å². The second-order valence-electron chi connectivity index (χ2n) is 3.87. The van der Waals surface area contributed by atoms with Crippen LogP contribution in [0.5, 0.6) is 0 Å². The van der Waals surface area contributed by atoms with Gasteiger partial charge in [-0.3, -0.25) is 0 Å². The zero-order valence-corrected chi connectivity index (χ0v) is 10.6. The predicted molar refractivity (Wildman–Crippen MR) is 66.9 cm³/mol. The highest BCUT2D eigenvalue weighted by molar-refractivity contribution is 5.87. The van der Waals surface area contributed by atoms with Crippen molar-refractivity contribution < 1.29 is 18.3 Å². The van der Waals surface area contributed by atoms with E-state index in [-0.39, 0.29) is 24.0 Å². The van der Waals surface area contributed by atoms with Gasteiger partial charge in [-0.1, -0.05) is 6.07 Å². The maximum atomic E-state index is 13.6. The summed E-state index contributed by atoms with van der Waals surface area (Å²) >= 11 is 0. The first-order valence-electron chi connectivity index (χ1n) is 5.76. The highest BCUT2D eigenvalue weighted by atomic mass is 19.1. The Balaban J connectivity index is 2.13. The fourth-order valence-electron chi connectivity index (χ4n) is 1.47. The number of aromatic nitrogens is 1. The van der Waals surface area contributed by atoms with Gasteiger partial charge in [0.1, 0.15) is 12.1 Å². The molecule has 1 N–H and O–H groups in total. The van der Waals surface area contributed by atoms with Gasteiger partial charge in [-0.05, 0) is 31.5 Å². The number of nitrogens with one attached hydrogen (secondary N) is 1. The molecule has 0 aliphatic carbocycles. The summed E-state index contributed by atoms with van der Waals surface area (Å²) in [5.74, 6) is -1.00. The van der Waals surface area contributed by atoms with Crippen molar-refractivity contribution in [2.45, 2.75) is 13.8 Å². The van der Waals surface area contributed by atoms with Gasteiger partial charge in [0.15, 0.2) is 5.69 Å². The Hall–Kier alpha value is -2.37. The number of nitrogens with zero attached hydrogens (tertiary/aromatic N) is 1. The molecule has 0 bridgehead atoms. The number of anilines is 2. The van der Waals surface area contributed by atoms with Crippen LogP contribution in [0.25, 0.3) is 0 Å². The van der Waals surface area contributed by atoms with Crippen molar-refractivity contribution >= 4 is 17.7 Å². The van der Waals surface area contributed by atoms with E-state index in [1.54, 1.807) is 26.0 Å². The first-order chi connectivity index (χ1) is 9.10. The quantitative estimate of drug-likeness (QED) is 0.860. The number of halogens is 1. The van der Waals surface area contributed by atoms with Gasteiger partial charge in [0.05, 0.1) is 12.3 Å². The summed E-state index contributed by atoms with van der Waals surface area (Å²) in [5.41, 5.74) is 1.07. The number of carbonyl (C=O) groups excluding carboxylic acids is 1. The molecule has 0 spiro atoms. The fraction of sp³-hybridized carbons (Fsp3) is 0.231. The van der Waals surface area contributed by atoms with E-state index in [0.29, 0.717) is 0 Å². The molecule has 0 fully saturated rings. The largest absolute Gasteiger partial charge is 0.461 e. The van der Waals surface area contributed by atoms with E-state index in [0.717, 1.165) is 11.8 Å². The monoisotopic (exact) mass is 264 g/mol. The topological polar surface area (TPSA) is 64.4 Å². The van der Waals surface area contributed by atoms with Crippen LogP contribution < -0.4 is 5.32 Å². The van der Waals surface area contributed by atoms with Crippen LogP contribution >= 0.6 is 0 Å². The third kappa shape index (κ3) is 3.09. The summed E-state index contributed by atoms with van der Waals surface area (Å²) in [6.45, 7) is 3.73. The highest BCUT2D eigenvalue weighted by Gasteiger charge is 2.14. The number of benzene rings is 1. The normalized spacial score (nSPS) is 10.3. The summed E-state index contributed by atoms with van der Waals surface area (Å²) in [6, 6.07) is 4.74. The zero-order valence-electron chi connectivity index (χ0n) is 10.6. The van der Waals surface area contributed by atoms with Crippen molar-refractivity contribution in [3.8, 4) is 0 Å². The Kier molecular flexibility index (Phi) is 3.79. The molecule has 0 atom stereocenters. The predicted octanol–water partition coefficient (Wildman–Crippen LogP) is 3.04. The van der Waals surface area contributed by atoms with Crippen molar-refractivity contribution in [1.82, 2.24) is 4.98 Å². The van der Waals surface area contributed by atoms with Gasteiger partial charge in [-0.2, -0.15) is 4.98 Å². The lowest BCUT2D eigenvalue weighted by Crippen LogP contribution is -2.05.